The molecule has 0 spiro atoms. The number of methoxy groups -OCH3 is 1. The Hall–Kier alpha value is -2.81. The zero-order valence-corrected chi connectivity index (χ0v) is 17.9. The third kappa shape index (κ3) is 3.94. The molecule has 0 fully saturated rings. The van der Waals surface area contributed by atoms with Gasteiger partial charge < -0.3 is 9.47 Å². The van der Waals surface area contributed by atoms with Crippen molar-refractivity contribution in [2.24, 2.45) is 10.1 Å². The molecule has 0 aromatic heterocycles. The number of amidine groups is 2. The van der Waals surface area contributed by atoms with Crippen molar-refractivity contribution < 1.29 is 14.3 Å². The highest BCUT2D eigenvalue weighted by Gasteiger charge is 2.32. The van der Waals surface area contributed by atoms with Crippen LogP contribution in [0, 0.1) is 5.41 Å². The minimum atomic E-state index is -0.489. The molecule has 2 heterocycles. The number of ether oxygens (including phenoxy) is 2. The molecule has 0 bridgehead atoms. The van der Waals surface area contributed by atoms with Gasteiger partial charge in [-0.05, 0) is 47.7 Å². The summed E-state index contributed by atoms with van der Waals surface area (Å²) < 4.78 is 11.3. The molecule has 4 rings (SSSR count). The van der Waals surface area contributed by atoms with E-state index >= 15 is 0 Å². The van der Waals surface area contributed by atoms with Crippen molar-refractivity contribution in [3.63, 3.8) is 0 Å². The van der Waals surface area contributed by atoms with Crippen molar-refractivity contribution in [1.82, 2.24) is 5.01 Å². The summed E-state index contributed by atoms with van der Waals surface area (Å²) in [5.74, 6) is 0.429. The molecule has 2 aromatic rings. The molecule has 0 aliphatic carbocycles. The van der Waals surface area contributed by atoms with E-state index < -0.39 is 5.91 Å². The molecular weight excluding hydrogens is 447 g/mol. The van der Waals surface area contributed by atoms with Crippen LogP contribution in [-0.4, -0.2) is 34.6 Å². The van der Waals surface area contributed by atoms with Crippen LogP contribution in [0.2, 0.25) is 10.0 Å². The van der Waals surface area contributed by atoms with Gasteiger partial charge in [0.25, 0.3) is 5.91 Å². The maximum absolute atomic E-state index is 12.3. The Bertz CT molecular complexity index is 1130. The van der Waals surface area contributed by atoms with Crippen LogP contribution in [-0.2, 0) is 11.4 Å². The van der Waals surface area contributed by atoms with Crippen LogP contribution in [0.4, 0.5) is 0 Å². The molecule has 2 aromatic carbocycles. The summed E-state index contributed by atoms with van der Waals surface area (Å²) >= 11 is 13.6. The third-order valence-electron chi connectivity index (χ3n) is 4.33. The lowest BCUT2D eigenvalue weighted by molar-refractivity contribution is -0.114. The van der Waals surface area contributed by atoms with Gasteiger partial charge in [-0.1, -0.05) is 35.3 Å². The molecule has 0 radical (unpaired) electrons. The standard InChI is InChI=1S/C20H14Cl2N4O3S/c1-28-17-8-11(7-12-18(23)26-20(25-19(12)27)30-10-24-26)5-6-16(17)29-9-13-14(21)3-2-4-15(13)22/h2-8,10,23H,9H2,1H3. The van der Waals surface area contributed by atoms with Crippen LogP contribution in [0.5, 0.6) is 11.5 Å². The van der Waals surface area contributed by atoms with E-state index in [4.69, 9.17) is 38.1 Å². The molecule has 30 heavy (non-hydrogen) atoms. The van der Waals surface area contributed by atoms with Crippen molar-refractivity contribution in [1.29, 1.82) is 5.41 Å². The van der Waals surface area contributed by atoms with Crippen LogP contribution in [0.1, 0.15) is 11.1 Å². The number of hydrazone groups is 1. The highest BCUT2D eigenvalue weighted by Crippen LogP contribution is 2.32. The second kappa shape index (κ2) is 8.51. The second-order valence-electron chi connectivity index (χ2n) is 6.16. The van der Waals surface area contributed by atoms with Gasteiger partial charge in [0.15, 0.2) is 22.5 Å². The summed E-state index contributed by atoms with van der Waals surface area (Å²) in [5, 5.41) is 15.0. The number of hydrogen-bond acceptors (Lipinski definition) is 6. The van der Waals surface area contributed by atoms with Gasteiger partial charge in [-0.2, -0.15) is 15.1 Å². The van der Waals surface area contributed by atoms with E-state index in [1.165, 1.54) is 29.4 Å². The smallest absolute Gasteiger partial charge is 0.283 e. The average Bonchev–Trinajstić information content (AvgIpc) is 3.19. The second-order valence-corrected chi connectivity index (χ2v) is 7.78. The lowest BCUT2D eigenvalue weighted by atomic mass is 10.1. The van der Waals surface area contributed by atoms with Crippen LogP contribution < -0.4 is 9.47 Å². The molecule has 1 amide bonds. The van der Waals surface area contributed by atoms with E-state index in [-0.39, 0.29) is 18.0 Å². The number of halogens is 2. The van der Waals surface area contributed by atoms with Gasteiger partial charge in [0, 0.05) is 15.6 Å². The van der Waals surface area contributed by atoms with Crippen LogP contribution >= 0.6 is 35.0 Å². The highest BCUT2D eigenvalue weighted by atomic mass is 35.5. The number of nitrogens with zero attached hydrogens (tertiary/aromatic N) is 3. The van der Waals surface area contributed by atoms with Gasteiger partial charge in [-0.15, -0.1) is 0 Å². The summed E-state index contributed by atoms with van der Waals surface area (Å²) in [6, 6.07) is 10.4. The SMILES string of the molecule is COc1cc(C=C2C(=N)N3N=CSC3=NC2=O)ccc1OCc1c(Cl)cccc1Cl. The molecule has 2 aliphatic rings. The van der Waals surface area contributed by atoms with Crippen molar-refractivity contribution >= 4 is 63.5 Å². The van der Waals surface area contributed by atoms with E-state index in [9.17, 15) is 4.79 Å². The Labute approximate surface area is 186 Å². The predicted octanol–water partition coefficient (Wildman–Crippen LogP) is 4.83. The number of nitrogens with one attached hydrogen (secondary N) is 1. The first-order chi connectivity index (χ1) is 14.5. The van der Waals surface area contributed by atoms with E-state index in [1.807, 2.05) is 0 Å². The minimum Gasteiger partial charge on any atom is -0.493 e. The van der Waals surface area contributed by atoms with Crippen molar-refractivity contribution in [2.75, 3.05) is 7.11 Å². The van der Waals surface area contributed by atoms with Gasteiger partial charge in [-0.3, -0.25) is 10.2 Å². The van der Waals surface area contributed by atoms with E-state index in [1.54, 1.807) is 42.5 Å². The largest absolute Gasteiger partial charge is 0.493 e. The number of hydrogen-bond donors (Lipinski definition) is 1. The molecular formula is C20H14Cl2N4O3S. The predicted molar refractivity (Wildman–Crippen MR) is 120 cm³/mol. The molecule has 7 nitrogen and oxygen atoms in total. The summed E-state index contributed by atoms with van der Waals surface area (Å²) in [7, 11) is 1.52. The van der Waals surface area contributed by atoms with Crippen molar-refractivity contribution in [3.05, 3.63) is 63.1 Å². The average molecular weight is 461 g/mol. The lowest BCUT2D eigenvalue weighted by Gasteiger charge is -2.20. The first kappa shape index (κ1) is 20.5. The minimum absolute atomic E-state index is 0.0288. The number of thioether (sulfide) groups is 1. The molecule has 0 saturated carbocycles. The Morgan fingerprint density at radius 3 is 2.70 bits per heavy atom. The zero-order chi connectivity index (χ0) is 21.3. The molecule has 10 heteroatoms. The van der Waals surface area contributed by atoms with Crippen LogP contribution in [0.3, 0.4) is 0 Å². The first-order valence-corrected chi connectivity index (χ1v) is 10.3. The molecule has 152 valence electrons. The quantitative estimate of drug-likeness (QED) is 0.645. The molecule has 0 atom stereocenters. The topological polar surface area (TPSA) is 87.3 Å². The van der Waals surface area contributed by atoms with Crippen molar-refractivity contribution in [3.8, 4) is 11.5 Å². The third-order valence-corrected chi connectivity index (χ3v) is 5.71. The van der Waals surface area contributed by atoms with E-state index in [2.05, 4.69) is 10.1 Å². The zero-order valence-electron chi connectivity index (χ0n) is 15.6. The summed E-state index contributed by atoms with van der Waals surface area (Å²) in [4.78, 5) is 16.3. The maximum Gasteiger partial charge on any atom is 0.283 e. The van der Waals surface area contributed by atoms with Gasteiger partial charge >= 0.3 is 0 Å². The highest BCUT2D eigenvalue weighted by molar-refractivity contribution is 8.25. The number of aliphatic imine (C=N–C) groups is 1. The van der Waals surface area contributed by atoms with Gasteiger partial charge in [0.1, 0.15) is 6.61 Å². The fourth-order valence-electron chi connectivity index (χ4n) is 2.82. The Morgan fingerprint density at radius 2 is 1.97 bits per heavy atom. The fourth-order valence-corrected chi connectivity index (χ4v) is 3.93. The number of carbonyl (C=O) groups is 1. The number of fused-ring (bicyclic) bond motifs is 1. The number of carbonyl (C=O) groups excluding carboxylic acids is 1. The first-order valence-electron chi connectivity index (χ1n) is 8.64. The Kier molecular flexibility index (Phi) is 5.80. The molecule has 2 aliphatic heterocycles. The summed E-state index contributed by atoms with van der Waals surface area (Å²) in [6.07, 6.45) is 1.57. The molecule has 1 N–H and O–H groups in total. The van der Waals surface area contributed by atoms with E-state index in [0.717, 1.165) is 0 Å². The molecule has 0 unspecified atom stereocenters. The number of amides is 1. The van der Waals surface area contributed by atoms with E-state index in [0.29, 0.717) is 37.8 Å². The summed E-state index contributed by atoms with van der Waals surface area (Å²) in [5.41, 5.74) is 2.99. The Balaban J connectivity index is 1.58. The maximum atomic E-state index is 12.3. The fraction of sp³-hybridized carbons (Fsp3) is 0.100. The monoisotopic (exact) mass is 460 g/mol. The Morgan fingerprint density at radius 1 is 1.20 bits per heavy atom. The normalized spacial score (nSPS) is 16.7. The van der Waals surface area contributed by atoms with Crippen LogP contribution in [0.15, 0.2) is 52.1 Å². The number of benzene rings is 2. The van der Waals surface area contributed by atoms with Crippen molar-refractivity contribution in [2.45, 2.75) is 6.61 Å². The van der Waals surface area contributed by atoms with Crippen LogP contribution in [0.25, 0.3) is 6.08 Å². The number of rotatable bonds is 5. The molecule has 0 saturated heterocycles. The summed E-state index contributed by atoms with van der Waals surface area (Å²) in [6.45, 7) is 0.167. The van der Waals surface area contributed by atoms with Gasteiger partial charge in [-0.25, -0.2) is 0 Å². The van der Waals surface area contributed by atoms with Gasteiger partial charge in [0.05, 0.1) is 18.2 Å². The van der Waals surface area contributed by atoms with Gasteiger partial charge in [0.2, 0.25) is 0 Å². The lowest BCUT2D eigenvalue weighted by Crippen LogP contribution is -2.35.